The number of nitrogens with two attached hydrogens (primary N) is 1. The van der Waals surface area contributed by atoms with Gasteiger partial charge in [0, 0.05) is 6.08 Å². The van der Waals surface area contributed by atoms with Gasteiger partial charge < -0.3 is 10.2 Å². The number of nitro groups is 1. The fraction of sp³-hybridized carbons (Fsp3) is 0. The van der Waals surface area contributed by atoms with E-state index in [-0.39, 0.29) is 11.3 Å². The summed E-state index contributed by atoms with van der Waals surface area (Å²) in [5, 5.41) is 18.7. The predicted molar refractivity (Wildman–Crippen MR) is 48.1 cm³/mol. The molecule has 0 spiro atoms. The Balaban J connectivity index is 3.04. The lowest BCUT2D eigenvalue weighted by Crippen LogP contribution is -2.12. The van der Waals surface area contributed by atoms with Crippen molar-refractivity contribution in [2.24, 2.45) is 5.73 Å². The highest BCUT2D eigenvalue weighted by Gasteiger charge is 2.12. The maximum Gasteiger partial charge on any atom is 0.433 e. The molecule has 0 unspecified atom stereocenters. The van der Waals surface area contributed by atoms with E-state index in [2.05, 4.69) is 0 Å². The Hall–Kier alpha value is -2.62. The number of furan rings is 1. The van der Waals surface area contributed by atoms with E-state index in [0.29, 0.717) is 0 Å². The fourth-order valence-corrected chi connectivity index (χ4v) is 0.819. The molecule has 0 aliphatic rings. The van der Waals surface area contributed by atoms with Gasteiger partial charge in [-0.1, -0.05) is 0 Å². The Morgan fingerprint density at radius 1 is 1.67 bits per heavy atom. The van der Waals surface area contributed by atoms with E-state index in [0.717, 1.165) is 12.1 Å². The van der Waals surface area contributed by atoms with E-state index >= 15 is 0 Å². The Morgan fingerprint density at radius 3 is 2.73 bits per heavy atom. The number of nitriles is 1. The molecule has 0 saturated carbocycles. The van der Waals surface area contributed by atoms with E-state index in [1.807, 2.05) is 0 Å². The van der Waals surface area contributed by atoms with Crippen LogP contribution in [0.2, 0.25) is 0 Å². The summed E-state index contributed by atoms with van der Waals surface area (Å²) in [6, 6.07) is 3.92. The third-order valence-electron chi connectivity index (χ3n) is 1.47. The summed E-state index contributed by atoms with van der Waals surface area (Å²) in [4.78, 5) is 20.1. The molecule has 0 aliphatic carbocycles. The molecular weight excluding hydrogens is 202 g/mol. The molecule has 1 rings (SSSR count). The number of rotatable bonds is 3. The predicted octanol–water partition coefficient (Wildman–Crippen LogP) is 0.580. The van der Waals surface area contributed by atoms with Crippen LogP contribution in [0.5, 0.6) is 0 Å². The molecule has 0 aliphatic heterocycles. The SMILES string of the molecule is N#C/C(=C\c1ccc([N+](=O)[O-])o1)C(N)=O. The van der Waals surface area contributed by atoms with Crippen molar-refractivity contribution in [2.75, 3.05) is 0 Å². The lowest BCUT2D eigenvalue weighted by atomic mass is 10.2. The molecule has 1 aromatic heterocycles. The van der Waals surface area contributed by atoms with Gasteiger partial charge in [-0.2, -0.15) is 5.26 Å². The number of carbonyl (C=O) groups excluding carboxylic acids is 1. The van der Waals surface area contributed by atoms with Crippen LogP contribution < -0.4 is 5.73 Å². The minimum atomic E-state index is -0.920. The molecule has 76 valence electrons. The van der Waals surface area contributed by atoms with Crippen LogP contribution in [0, 0.1) is 21.4 Å². The van der Waals surface area contributed by atoms with Crippen LogP contribution in [-0.4, -0.2) is 10.8 Å². The highest BCUT2D eigenvalue weighted by Crippen LogP contribution is 2.17. The zero-order valence-corrected chi connectivity index (χ0v) is 7.34. The van der Waals surface area contributed by atoms with Gasteiger partial charge in [0.25, 0.3) is 5.91 Å². The molecule has 0 saturated heterocycles. The van der Waals surface area contributed by atoms with Gasteiger partial charge >= 0.3 is 5.88 Å². The average molecular weight is 207 g/mol. The van der Waals surface area contributed by atoms with Crippen molar-refractivity contribution in [2.45, 2.75) is 0 Å². The lowest BCUT2D eigenvalue weighted by Gasteiger charge is -1.88. The minimum Gasteiger partial charge on any atom is -0.401 e. The molecule has 1 heterocycles. The van der Waals surface area contributed by atoms with E-state index in [1.165, 1.54) is 6.07 Å². The monoisotopic (exact) mass is 207 g/mol. The van der Waals surface area contributed by atoms with E-state index in [1.54, 1.807) is 6.07 Å². The second-order valence-electron chi connectivity index (χ2n) is 2.47. The first kappa shape index (κ1) is 10.5. The zero-order chi connectivity index (χ0) is 11.4. The molecule has 0 bridgehead atoms. The van der Waals surface area contributed by atoms with Gasteiger partial charge in [0.1, 0.15) is 22.3 Å². The maximum atomic E-state index is 10.6. The van der Waals surface area contributed by atoms with Crippen molar-refractivity contribution in [1.82, 2.24) is 0 Å². The number of carbonyl (C=O) groups is 1. The van der Waals surface area contributed by atoms with Crippen LogP contribution in [0.4, 0.5) is 5.88 Å². The zero-order valence-electron chi connectivity index (χ0n) is 7.34. The molecule has 0 fully saturated rings. The van der Waals surface area contributed by atoms with Gasteiger partial charge in [0.15, 0.2) is 0 Å². The summed E-state index contributed by atoms with van der Waals surface area (Å²) >= 11 is 0. The van der Waals surface area contributed by atoms with Gasteiger partial charge in [-0.3, -0.25) is 14.9 Å². The normalized spacial score (nSPS) is 10.7. The van der Waals surface area contributed by atoms with Crippen molar-refractivity contribution < 1.29 is 14.1 Å². The first-order chi connectivity index (χ1) is 7.04. The van der Waals surface area contributed by atoms with Gasteiger partial charge in [0.05, 0.1) is 6.07 Å². The molecule has 1 amide bonds. The lowest BCUT2D eigenvalue weighted by molar-refractivity contribution is -0.402. The molecule has 7 nitrogen and oxygen atoms in total. The fourth-order valence-electron chi connectivity index (χ4n) is 0.819. The Morgan fingerprint density at radius 2 is 2.33 bits per heavy atom. The number of amides is 1. The standard InChI is InChI=1S/C8H5N3O4/c9-4-5(8(10)12)3-6-1-2-7(15-6)11(13)14/h1-3H,(H2,10,12)/b5-3+. The van der Waals surface area contributed by atoms with Crippen LogP contribution in [0.3, 0.4) is 0 Å². The maximum absolute atomic E-state index is 10.6. The number of primary amides is 1. The highest BCUT2D eigenvalue weighted by atomic mass is 16.6. The second-order valence-corrected chi connectivity index (χ2v) is 2.47. The summed E-state index contributed by atoms with van der Waals surface area (Å²) in [5.41, 5.74) is 4.52. The summed E-state index contributed by atoms with van der Waals surface area (Å²) in [6.45, 7) is 0. The number of hydrogen-bond donors (Lipinski definition) is 1. The molecule has 0 atom stereocenters. The van der Waals surface area contributed by atoms with Crippen molar-refractivity contribution in [3.63, 3.8) is 0 Å². The first-order valence-corrected chi connectivity index (χ1v) is 3.70. The average Bonchev–Trinajstić information content (AvgIpc) is 2.61. The summed E-state index contributed by atoms with van der Waals surface area (Å²) < 4.78 is 4.69. The van der Waals surface area contributed by atoms with E-state index < -0.39 is 16.7 Å². The first-order valence-electron chi connectivity index (χ1n) is 3.70. The van der Waals surface area contributed by atoms with Gasteiger partial charge in [-0.05, 0) is 6.07 Å². The molecular formula is C8H5N3O4. The highest BCUT2D eigenvalue weighted by molar-refractivity contribution is 6.00. The largest absolute Gasteiger partial charge is 0.433 e. The van der Waals surface area contributed by atoms with Crippen LogP contribution >= 0.6 is 0 Å². The van der Waals surface area contributed by atoms with Crippen LogP contribution in [-0.2, 0) is 4.79 Å². The minimum absolute atomic E-state index is 0.0250. The number of hydrogen-bond acceptors (Lipinski definition) is 5. The van der Waals surface area contributed by atoms with Crippen LogP contribution in [0.15, 0.2) is 22.1 Å². The Kier molecular flexibility index (Phi) is 2.83. The summed E-state index contributed by atoms with van der Waals surface area (Å²) in [7, 11) is 0. The molecule has 7 heteroatoms. The van der Waals surface area contributed by atoms with Crippen molar-refractivity contribution >= 4 is 17.9 Å². The molecule has 1 aromatic rings. The molecule has 0 aromatic carbocycles. The Labute approximate surface area is 83.5 Å². The Bertz CT molecular complexity index is 480. The topological polar surface area (TPSA) is 123 Å². The smallest absolute Gasteiger partial charge is 0.401 e. The quantitative estimate of drug-likeness (QED) is 0.336. The molecule has 2 N–H and O–H groups in total. The third-order valence-corrected chi connectivity index (χ3v) is 1.47. The summed E-state index contributed by atoms with van der Waals surface area (Å²) in [5.74, 6) is -1.36. The second kappa shape index (κ2) is 4.06. The van der Waals surface area contributed by atoms with E-state index in [9.17, 15) is 14.9 Å². The van der Waals surface area contributed by atoms with Gasteiger partial charge in [-0.15, -0.1) is 0 Å². The van der Waals surface area contributed by atoms with Gasteiger partial charge in [-0.25, -0.2) is 0 Å². The van der Waals surface area contributed by atoms with Crippen molar-refractivity contribution in [3.8, 4) is 6.07 Å². The molecule has 0 radical (unpaired) electrons. The van der Waals surface area contributed by atoms with Crippen molar-refractivity contribution in [1.29, 1.82) is 5.26 Å². The van der Waals surface area contributed by atoms with Crippen molar-refractivity contribution in [3.05, 3.63) is 33.6 Å². The third kappa shape index (κ3) is 2.41. The van der Waals surface area contributed by atoms with E-state index in [4.69, 9.17) is 15.4 Å². The summed E-state index contributed by atoms with van der Waals surface area (Å²) in [6.07, 6.45) is 1.04. The van der Waals surface area contributed by atoms with Gasteiger partial charge in [0.2, 0.25) is 0 Å². The number of nitrogens with zero attached hydrogens (tertiary/aromatic N) is 2. The van der Waals surface area contributed by atoms with Crippen LogP contribution in [0.25, 0.3) is 6.08 Å². The van der Waals surface area contributed by atoms with Crippen LogP contribution in [0.1, 0.15) is 5.76 Å². The molecule has 15 heavy (non-hydrogen) atoms.